The summed E-state index contributed by atoms with van der Waals surface area (Å²) >= 11 is 0. The van der Waals surface area contributed by atoms with E-state index in [1.165, 1.54) is 12.5 Å². The summed E-state index contributed by atoms with van der Waals surface area (Å²) in [5.41, 5.74) is 1.14. The lowest BCUT2D eigenvalue weighted by Gasteiger charge is -2.44. The molecule has 0 aromatic heterocycles. The maximum Gasteiger partial charge on any atom is 0.160 e. The molecule has 2 heterocycles. The van der Waals surface area contributed by atoms with Crippen molar-refractivity contribution in [2.75, 3.05) is 26.8 Å². The molecule has 2 unspecified atom stereocenters. The average Bonchev–Trinajstić information content (AvgIpc) is 2.56. The summed E-state index contributed by atoms with van der Waals surface area (Å²) < 4.78 is 30.3. The van der Waals surface area contributed by atoms with E-state index in [1.807, 2.05) is 0 Å². The zero-order valence-corrected chi connectivity index (χ0v) is 14.5. The van der Waals surface area contributed by atoms with E-state index in [9.17, 15) is 4.39 Å². The van der Waals surface area contributed by atoms with E-state index < -0.39 is 0 Å². The molecule has 1 saturated heterocycles. The Labute approximate surface area is 143 Å². The van der Waals surface area contributed by atoms with Crippen LogP contribution in [-0.2, 0) is 14.2 Å². The van der Waals surface area contributed by atoms with Crippen molar-refractivity contribution in [3.8, 4) is 0 Å². The number of likely N-dealkylation sites (tertiary alicyclic amines) is 1. The molecule has 0 N–H and O–H groups in total. The van der Waals surface area contributed by atoms with Crippen molar-refractivity contribution in [2.45, 2.75) is 38.6 Å². The number of hydrogen-bond acceptors (Lipinski definition) is 4. The van der Waals surface area contributed by atoms with E-state index in [2.05, 4.69) is 11.8 Å². The molecule has 24 heavy (non-hydrogen) atoms. The molecule has 1 fully saturated rings. The highest BCUT2D eigenvalue weighted by Gasteiger charge is 2.38. The predicted octanol–water partition coefficient (Wildman–Crippen LogP) is 4.04. The van der Waals surface area contributed by atoms with Crippen molar-refractivity contribution in [2.24, 2.45) is 5.41 Å². The summed E-state index contributed by atoms with van der Waals surface area (Å²) in [6, 6.07) is -0.0918. The van der Waals surface area contributed by atoms with Crippen LogP contribution in [0, 0.1) is 5.41 Å². The summed E-state index contributed by atoms with van der Waals surface area (Å²) in [7, 11) is 1.75. The number of hydrogen-bond donors (Lipinski definition) is 0. The van der Waals surface area contributed by atoms with Crippen molar-refractivity contribution in [3.05, 3.63) is 48.1 Å². The maximum atomic E-state index is 13.8. The maximum absolute atomic E-state index is 13.8. The molecule has 132 valence electrons. The second-order valence-electron chi connectivity index (χ2n) is 7.11. The molecular formula is C19H26FNO3. The van der Waals surface area contributed by atoms with Crippen molar-refractivity contribution in [1.82, 2.24) is 4.90 Å². The molecule has 0 radical (unpaired) electrons. The number of piperidine rings is 1. The zero-order chi connectivity index (χ0) is 17.0. The molecule has 0 aromatic carbocycles. The third-order valence-electron chi connectivity index (χ3n) is 4.91. The van der Waals surface area contributed by atoms with E-state index in [1.54, 1.807) is 25.5 Å². The SMILES string of the molecule is COCC1(C)CCCN(C(C2=CC(F)=CCC2)C2=COC=CO2)C1. The highest BCUT2D eigenvalue weighted by molar-refractivity contribution is 5.32. The molecule has 1 aliphatic carbocycles. The molecule has 0 amide bonds. The van der Waals surface area contributed by atoms with E-state index in [0.717, 1.165) is 56.7 Å². The van der Waals surface area contributed by atoms with Gasteiger partial charge in [0.15, 0.2) is 5.76 Å². The summed E-state index contributed by atoms with van der Waals surface area (Å²) in [4.78, 5) is 2.38. The van der Waals surface area contributed by atoms with Gasteiger partial charge in [0.2, 0.25) is 0 Å². The van der Waals surface area contributed by atoms with E-state index >= 15 is 0 Å². The Morgan fingerprint density at radius 3 is 3.00 bits per heavy atom. The molecule has 0 aromatic rings. The Bertz CT molecular complexity index is 577. The number of halogens is 1. The standard InChI is InChI=1S/C19H26FNO3/c1-19(14-22-2)7-4-8-21(13-19)18(17-12-23-9-10-24-17)15-5-3-6-16(20)11-15/h6,9-12,18H,3-5,7-8,13-14H2,1-2H3. The average molecular weight is 335 g/mol. The van der Waals surface area contributed by atoms with Crippen molar-refractivity contribution in [3.63, 3.8) is 0 Å². The number of methoxy groups -OCH3 is 1. The van der Waals surface area contributed by atoms with Gasteiger partial charge in [0, 0.05) is 19.1 Å². The van der Waals surface area contributed by atoms with Crippen LogP contribution in [0.4, 0.5) is 4.39 Å². The lowest BCUT2D eigenvalue weighted by atomic mass is 9.81. The second-order valence-corrected chi connectivity index (χ2v) is 7.11. The fourth-order valence-electron chi connectivity index (χ4n) is 3.94. The van der Waals surface area contributed by atoms with Crippen molar-refractivity contribution in [1.29, 1.82) is 0 Å². The van der Waals surface area contributed by atoms with Gasteiger partial charge in [-0.15, -0.1) is 0 Å². The van der Waals surface area contributed by atoms with E-state index in [4.69, 9.17) is 14.2 Å². The fraction of sp³-hybridized carbons (Fsp3) is 0.579. The largest absolute Gasteiger partial charge is 0.466 e. The van der Waals surface area contributed by atoms with Gasteiger partial charge in [-0.3, -0.25) is 4.90 Å². The Morgan fingerprint density at radius 1 is 1.42 bits per heavy atom. The number of rotatable bonds is 5. The molecule has 3 aliphatic rings. The summed E-state index contributed by atoms with van der Waals surface area (Å²) in [6.45, 7) is 4.82. The van der Waals surface area contributed by atoms with Crippen LogP contribution in [0.2, 0.25) is 0 Å². The Balaban J connectivity index is 1.87. The van der Waals surface area contributed by atoms with Crippen LogP contribution in [0.3, 0.4) is 0 Å². The van der Waals surface area contributed by atoms with Crippen molar-refractivity contribution >= 4 is 0 Å². The van der Waals surface area contributed by atoms with E-state index in [0.29, 0.717) is 0 Å². The minimum absolute atomic E-state index is 0.0918. The lowest BCUT2D eigenvalue weighted by molar-refractivity contribution is 0.0103. The van der Waals surface area contributed by atoms with Gasteiger partial charge >= 0.3 is 0 Å². The molecule has 5 heteroatoms. The molecular weight excluding hydrogens is 309 g/mol. The first kappa shape index (κ1) is 17.2. The summed E-state index contributed by atoms with van der Waals surface area (Å²) in [6.07, 6.45) is 11.7. The molecule has 4 nitrogen and oxygen atoms in total. The zero-order valence-electron chi connectivity index (χ0n) is 14.5. The first-order chi connectivity index (χ1) is 11.6. The van der Waals surface area contributed by atoms with Gasteiger partial charge < -0.3 is 14.2 Å². The van der Waals surface area contributed by atoms with Gasteiger partial charge in [0.25, 0.3) is 0 Å². The topological polar surface area (TPSA) is 30.9 Å². The van der Waals surface area contributed by atoms with Crippen LogP contribution in [0.5, 0.6) is 0 Å². The van der Waals surface area contributed by atoms with Crippen LogP contribution < -0.4 is 0 Å². The van der Waals surface area contributed by atoms with Gasteiger partial charge in [-0.25, -0.2) is 4.39 Å². The number of allylic oxidation sites excluding steroid dienone is 3. The van der Waals surface area contributed by atoms with Crippen LogP contribution >= 0.6 is 0 Å². The van der Waals surface area contributed by atoms with Gasteiger partial charge in [0.05, 0.1) is 12.6 Å². The monoisotopic (exact) mass is 335 g/mol. The Kier molecular flexibility index (Phi) is 5.41. The predicted molar refractivity (Wildman–Crippen MR) is 90.5 cm³/mol. The lowest BCUT2D eigenvalue weighted by Crippen LogP contribution is -2.50. The minimum Gasteiger partial charge on any atom is -0.466 e. The van der Waals surface area contributed by atoms with Gasteiger partial charge in [0.1, 0.15) is 24.6 Å². The summed E-state index contributed by atoms with van der Waals surface area (Å²) in [5, 5.41) is 0. The number of nitrogens with zero attached hydrogens (tertiary/aromatic N) is 1. The fourth-order valence-corrected chi connectivity index (χ4v) is 3.94. The van der Waals surface area contributed by atoms with Gasteiger partial charge in [-0.2, -0.15) is 0 Å². The molecule has 0 bridgehead atoms. The molecule has 2 aliphatic heterocycles. The highest BCUT2D eigenvalue weighted by atomic mass is 19.1. The highest BCUT2D eigenvalue weighted by Crippen LogP contribution is 2.36. The molecule has 2 atom stereocenters. The smallest absolute Gasteiger partial charge is 0.160 e. The quantitative estimate of drug-likeness (QED) is 0.759. The van der Waals surface area contributed by atoms with Gasteiger partial charge in [-0.05, 0) is 50.0 Å². The second kappa shape index (κ2) is 7.53. The minimum atomic E-state index is -0.161. The van der Waals surface area contributed by atoms with E-state index in [-0.39, 0.29) is 17.3 Å². The van der Waals surface area contributed by atoms with Gasteiger partial charge in [-0.1, -0.05) is 6.92 Å². The number of ether oxygens (including phenoxy) is 3. The molecule has 0 saturated carbocycles. The first-order valence-electron chi connectivity index (χ1n) is 8.58. The summed E-state index contributed by atoms with van der Waals surface area (Å²) in [5.74, 6) is 0.561. The normalized spacial score (nSPS) is 29.0. The third kappa shape index (κ3) is 3.90. The van der Waals surface area contributed by atoms with Crippen LogP contribution in [0.1, 0.15) is 32.6 Å². The Hall–Kier alpha value is -1.59. The Morgan fingerprint density at radius 2 is 2.29 bits per heavy atom. The first-order valence-corrected chi connectivity index (χ1v) is 8.58. The third-order valence-corrected chi connectivity index (χ3v) is 4.91. The van der Waals surface area contributed by atoms with Crippen LogP contribution in [0.15, 0.2) is 48.1 Å². The molecule has 0 spiro atoms. The molecule has 3 rings (SSSR count). The van der Waals surface area contributed by atoms with Crippen LogP contribution in [-0.4, -0.2) is 37.7 Å². The van der Waals surface area contributed by atoms with Crippen LogP contribution in [0.25, 0.3) is 0 Å². The van der Waals surface area contributed by atoms with Crippen molar-refractivity contribution < 1.29 is 18.6 Å².